The van der Waals surface area contributed by atoms with Gasteiger partial charge in [-0.25, -0.2) is 9.97 Å². The van der Waals surface area contributed by atoms with Crippen molar-refractivity contribution in [2.45, 2.75) is 20.0 Å². The number of aryl methyl sites for hydroxylation is 2. The smallest absolute Gasteiger partial charge is 0.365 e. The molecule has 8 nitrogen and oxygen atoms in total. The van der Waals surface area contributed by atoms with E-state index >= 15 is 0 Å². The first-order valence-electron chi connectivity index (χ1n) is 8.42. The van der Waals surface area contributed by atoms with E-state index in [1.807, 2.05) is 13.0 Å². The van der Waals surface area contributed by atoms with E-state index in [2.05, 4.69) is 30.2 Å². The van der Waals surface area contributed by atoms with E-state index in [9.17, 15) is 13.2 Å². The standard InChI is InChI=1S/C16H17F3N8/c1-10-8-13(16(17,18)19)22-15(21-10)26-5-3-25(4-6-26)12-7-11(2)24-27-9-20-23-14(12)27/h7-9H,3-6H2,1-2H3. The molecule has 1 fully saturated rings. The molecule has 0 atom stereocenters. The molecule has 0 N–H and O–H groups in total. The first kappa shape index (κ1) is 17.4. The van der Waals surface area contributed by atoms with Gasteiger partial charge in [0.15, 0.2) is 0 Å². The number of nitrogens with zero attached hydrogens (tertiary/aromatic N) is 8. The van der Waals surface area contributed by atoms with Crippen LogP contribution in [-0.4, -0.2) is 56.0 Å². The van der Waals surface area contributed by atoms with Crippen molar-refractivity contribution in [2.24, 2.45) is 0 Å². The van der Waals surface area contributed by atoms with Crippen molar-refractivity contribution in [3.8, 4) is 0 Å². The maximum atomic E-state index is 13.0. The maximum absolute atomic E-state index is 13.0. The van der Waals surface area contributed by atoms with Crippen molar-refractivity contribution in [3.63, 3.8) is 0 Å². The Morgan fingerprint density at radius 1 is 0.926 bits per heavy atom. The topological polar surface area (TPSA) is 75.3 Å². The molecule has 4 heterocycles. The highest BCUT2D eigenvalue weighted by Crippen LogP contribution is 2.29. The van der Waals surface area contributed by atoms with Crippen LogP contribution in [0.15, 0.2) is 18.5 Å². The predicted octanol–water partition coefficient (Wildman–Crippen LogP) is 1.88. The average Bonchev–Trinajstić information content (AvgIpc) is 3.08. The first-order chi connectivity index (χ1) is 12.8. The molecule has 3 aromatic rings. The van der Waals surface area contributed by atoms with E-state index in [1.165, 1.54) is 0 Å². The number of rotatable bonds is 2. The number of aromatic nitrogens is 6. The van der Waals surface area contributed by atoms with Gasteiger partial charge in [-0.2, -0.15) is 22.8 Å². The monoisotopic (exact) mass is 378 g/mol. The fourth-order valence-corrected chi connectivity index (χ4v) is 3.15. The minimum absolute atomic E-state index is 0.112. The summed E-state index contributed by atoms with van der Waals surface area (Å²) in [5.74, 6) is 0.112. The Kier molecular flexibility index (Phi) is 4.08. The summed E-state index contributed by atoms with van der Waals surface area (Å²) in [7, 11) is 0. The summed E-state index contributed by atoms with van der Waals surface area (Å²) in [4.78, 5) is 11.8. The Hall–Kier alpha value is -2.98. The van der Waals surface area contributed by atoms with E-state index in [0.717, 1.165) is 17.4 Å². The number of halogens is 3. The van der Waals surface area contributed by atoms with Gasteiger partial charge < -0.3 is 9.80 Å². The summed E-state index contributed by atoms with van der Waals surface area (Å²) in [5.41, 5.74) is 1.77. The van der Waals surface area contributed by atoms with Gasteiger partial charge in [-0.3, -0.25) is 0 Å². The molecule has 0 amide bonds. The molecule has 1 saturated heterocycles. The zero-order chi connectivity index (χ0) is 19.2. The molecule has 4 rings (SSSR count). The molecule has 0 radical (unpaired) electrons. The number of piperazine rings is 1. The van der Waals surface area contributed by atoms with Crippen LogP contribution in [0.25, 0.3) is 5.65 Å². The third kappa shape index (κ3) is 3.36. The fourth-order valence-electron chi connectivity index (χ4n) is 3.15. The summed E-state index contributed by atoms with van der Waals surface area (Å²) in [5, 5.41) is 12.3. The van der Waals surface area contributed by atoms with Crippen molar-refractivity contribution in [1.29, 1.82) is 0 Å². The molecule has 27 heavy (non-hydrogen) atoms. The second-order valence-electron chi connectivity index (χ2n) is 6.44. The minimum Gasteiger partial charge on any atom is -0.365 e. The average molecular weight is 378 g/mol. The van der Waals surface area contributed by atoms with Crippen LogP contribution in [0.1, 0.15) is 17.1 Å². The minimum atomic E-state index is -4.49. The molecular weight excluding hydrogens is 361 g/mol. The van der Waals surface area contributed by atoms with Gasteiger partial charge in [0, 0.05) is 31.9 Å². The van der Waals surface area contributed by atoms with Crippen molar-refractivity contribution < 1.29 is 13.2 Å². The lowest BCUT2D eigenvalue weighted by molar-refractivity contribution is -0.141. The van der Waals surface area contributed by atoms with Crippen LogP contribution in [0.2, 0.25) is 0 Å². The van der Waals surface area contributed by atoms with Gasteiger partial charge in [0.1, 0.15) is 12.0 Å². The van der Waals surface area contributed by atoms with Crippen molar-refractivity contribution >= 4 is 17.3 Å². The lowest BCUT2D eigenvalue weighted by Gasteiger charge is -2.36. The molecule has 0 aliphatic carbocycles. The van der Waals surface area contributed by atoms with Gasteiger partial charge in [-0.1, -0.05) is 0 Å². The second-order valence-corrected chi connectivity index (χ2v) is 6.44. The number of alkyl halides is 3. The third-order valence-electron chi connectivity index (χ3n) is 4.41. The van der Waals surface area contributed by atoms with E-state index in [4.69, 9.17) is 0 Å². The Balaban J connectivity index is 1.56. The van der Waals surface area contributed by atoms with Crippen LogP contribution >= 0.6 is 0 Å². The van der Waals surface area contributed by atoms with Gasteiger partial charge in [0.05, 0.1) is 11.4 Å². The van der Waals surface area contributed by atoms with Gasteiger partial charge in [-0.15, -0.1) is 10.2 Å². The number of hydrogen-bond donors (Lipinski definition) is 0. The number of hydrogen-bond acceptors (Lipinski definition) is 7. The molecule has 1 aliphatic heterocycles. The quantitative estimate of drug-likeness (QED) is 0.674. The predicted molar refractivity (Wildman–Crippen MR) is 91.7 cm³/mol. The molecule has 0 bridgehead atoms. The second kappa shape index (κ2) is 6.32. The van der Waals surface area contributed by atoms with E-state index in [-0.39, 0.29) is 5.95 Å². The lowest BCUT2D eigenvalue weighted by atomic mass is 10.2. The van der Waals surface area contributed by atoms with Gasteiger partial charge in [0.25, 0.3) is 0 Å². The highest BCUT2D eigenvalue weighted by Gasteiger charge is 2.34. The van der Waals surface area contributed by atoms with Crippen LogP contribution < -0.4 is 9.80 Å². The van der Waals surface area contributed by atoms with Crippen LogP contribution in [-0.2, 0) is 6.18 Å². The Morgan fingerprint density at radius 3 is 2.33 bits per heavy atom. The van der Waals surface area contributed by atoms with Crippen molar-refractivity contribution in [2.75, 3.05) is 36.0 Å². The molecule has 0 spiro atoms. The van der Waals surface area contributed by atoms with Gasteiger partial charge in [-0.05, 0) is 26.0 Å². The molecule has 0 aromatic carbocycles. The Bertz CT molecular complexity index is 975. The maximum Gasteiger partial charge on any atom is 0.433 e. The summed E-state index contributed by atoms with van der Waals surface area (Å²) in [6.07, 6.45) is -2.94. The van der Waals surface area contributed by atoms with Gasteiger partial charge >= 0.3 is 6.18 Å². The first-order valence-corrected chi connectivity index (χ1v) is 8.42. The SMILES string of the molecule is Cc1cc(C(F)(F)F)nc(N2CCN(c3cc(C)nn4cnnc34)CC2)n1. The number of fused-ring (bicyclic) bond motifs is 1. The van der Waals surface area contributed by atoms with Crippen LogP contribution in [0.3, 0.4) is 0 Å². The van der Waals surface area contributed by atoms with Crippen molar-refractivity contribution in [3.05, 3.63) is 35.5 Å². The molecule has 142 valence electrons. The molecule has 0 unspecified atom stereocenters. The summed E-state index contributed by atoms with van der Waals surface area (Å²) >= 11 is 0. The lowest BCUT2D eigenvalue weighted by Crippen LogP contribution is -2.47. The summed E-state index contributed by atoms with van der Waals surface area (Å²) < 4.78 is 40.7. The zero-order valence-corrected chi connectivity index (χ0v) is 14.8. The van der Waals surface area contributed by atoms with E-state index in [0.29, 0.717) is 37.5 Å². The molecule has 3 aromatic heterocycles. The van der Waals surface area contributed by atoms with E-state index < -0.39 is 11.9 Å². The number of anilines is 2. The molecule has 0 saturated carbocycles. The third-order valence-corrected chi connectivity index (χ3v) is 4.41. The highest BCUT2D eigenvalue weighted by atomic mass is 19.4. The van der Waals surface area contributed by atoms with Crippen LogP contribution in [0, 0.1) is 13.8 Å². The van der Waals surface area contributed by atoms with E-state index in [1.54, 1.807) is 22.7 Å². The van der Waals surface area contributed by atoms with Crippen LogP contribution in [0.5, 0.6) is 0 Å². The fraction of sp³-hybridized carbons (Fsp3) is 0.438. The summed E-state index contributed by atoms with van der Waals surface area (Å²) in [6.45, 7) is 5.64. The Labute approximate surface area is 152 Å². The molecule has 11 heteroatoms. The van der Waals surface area contributed by atoms with Gasteiger partial charge in [0.2, 0.25) is 11.6 Å². The molecular formula is C16H17F3N8. The van der Waals surface area contributed by atoms with Crippen molar-refractivity contribution in [1.82, 2.24) is 29.8 Å². The normalized spacial score (nSPS) is 15.6. The molecule has 1 aliphatic rings. The largest absolute Gasteiger partial charge is 0.433 e. The zero-order valence-electron chi connectivity index (χ0n) is 14.8. The highest BCUT2D eigenvalue weighted by molar-refractivity contribution is 5.68. The summed E-state index contributed by atoms with van der Waals surface area (Å²) in [6, 6.07) is 2.89. The van der Waals surface area contributed by atoms with Crippen LogP contribution in [0.4, 0.5) is 24.8 Å². The Morgan fingerprint density at radius 2 is 1.63 bits per heavy atom.